The number of pyridine rings is 1. The fourth-order valence-corrected chi connectivity index (χ4v) is 2.51. The van der Waals surface area contributed by atoms with Crippen LogP contribution in [0.3, 0.4) is 0 Å². The maximum atomic E-state index is 12.2. The molecule has 1 amide bonds. The lowest BCUT2D eigenvalue weighted by Gasteiger charge is -2.34. The Balaban J connectivity index is 1.94. The molecule has 2 heterocycles. The summed E-state index contributed by atoms with van der Waals surface area (Å²) in [7, 11) is 0. The quantitative estimate of drug-likeness (QED) is 0.845. The van der Waals surface area contributed by atoms with E-state index in [1.807, 2.05) is 0 Å². The molecular formula is C15H23N3O3. The normalized spacial score (nSPS) is 17.4. The van der Waals surface area contributed by atoms with Gasteiger partial charge in [0.25, 0.3) is 5.91 Å². The van der Waals surface area contributed by atoms with Crippen molar-refractivity contribution >= 4 is 5.91 Å². The Kier molecular flexibility index (Phi) is 5.52. The molecule has 1 aromatic rings. The predicted octanol–water partition coefficient (Wildman–Crippen LogP) is 0.936. The Morgan fingerprint density at radius 2 is 2.24 bits per heavy atom. The Morgan fingerprint density at radius 3 is 2.90 bits per heavy atom. The molecule has 1 aliphatic rings. The highest BCUT2D eigenvalue weighted by Gasteiger charge is 2.21. The topological polar surface area (TPSA) is 74.7 Å². The molecule has 1 saturated heterocycles. The molecule has 1 aliphatic heterocycles. The third-order valence-electron chi connectivity index (χ3n) is 3.80. The lowest BCUT2D eigenvalue weighted by Crippen LogP contribution is -2.48. The van der Waals surface area contributed by atoms with Crippen LogP contribution in [0.15, 0.2) is 12.3 Å². The van der Waals surface area contributed by atoms with E-state index in [0.29, 0.717) is 18.3 Å². The highest BCUT2D eigenvalue weighted by molar-refractivity contribution is 5.96. The Bertz CT molecular complexity index is 487. The number of ether oxygens (including phenoxy) is 1. The summed E-state index contributed by atoms with van der Waals surface area (Å²) in [5.74, 6) is -0.345. The zero-order chi connectivity index (χ0) is 15.2. The minimum Gasteiger partial charge on any atom is -0.505 e. The minimum absolute atomic E-state index is 0.0856. The van der Waals surface area contributed by atoms with Gasteiger partial charge in [0, 0.05) is 31.4 Å². The number of aryl methyl sites for hydroxylation is 1. The zero-order valence-corrected chi connectivity index (χ0v) is 12.6. The molecule has 1 aromatic heterocycles. The van der Waals surface area contributed by atoms with Crippen molar-refractivity contribution in [3.63, 3.8) is 0 Å². The minimum atomic E-state index is -0.260. The van der Waals surface area contributed by atoms with E-state index in [1.165, 1.54) is 6.20 Å². The fraction of sp³-hybridized carbons (Fsp3) is 0.600. The molecule has 1 atom stereocenters. The van der Waals surface area contributed by atoms with Gasteiger partial charge in [-0.15, -0.1) is 0 Å². The van der Waals surface area contributed by atoms with Crippen molar-refractivity contribution in [2.24, 2.45) is 0 Å². The molecule has 2 N–H and O–H groups in total. The van der Waals surface area contributed by atoms with E-state index in [4.69, 9.17) is 4.74 Å². The molecule has 0 spiro atoms. The van der Waals surface area contributed by atoms with Crippen molar-refractivity contribution in [3.05, 3.63) is 23.5 Å². The molecule has 0 bridgehead atoms. The first-order chi connectivity index (χ1) is 10.1. The van der Waals surface area contributed by atoms with E-state index in [-0.39, 0.29) is 17.2 Å². The van der Waals surface area contributed by atoms with E-state index >= 15 is 0 Å². The van der Waals surface area contributed by atoms with Crippen molar-refractivity contribution in [1.82, 2.24) is 15.2 Å². The smallest absolute Gasteiger partial charge is 0.255 e. The van der Waals surface area contributed by atoms with Crippen LogP contribution in [0, 0.1) is 6.92 Å². The van der Waals surface area contributed by atoms with E-state index in [1.54, 1.807) is 13.0 Å². The van der Waals surface area contributed by atoms with Crippen LogP contribution in [-0.4, -0.2) is 59.8 Å². The highest BCUT2D eigenvalue weighted by atomic mass is 16.5. The molecule has 2 rings (SSSR count). The molecule has 0 radical (unpaired) electrons. The van der Waals surface area contributed by atoms with Gasteiger partial charge in [0.2, 0.25) is 0 Å². The summed E-state index contributed by atoms with van der Waals surface area (Å²) >= 11 is 0. The van der Waals surface area contributed by atoms with Crippen LogP contribution < -0.4 is 5.32 Å². The SMILES string of the molecule is CC[C@H](CNC(=O)c1cc(C)ncc1O)N1CCOCC1. The monoisotopic (exact) mass is 293 g/mol. The molecule has 0 saturated carbocycles. The molecule has 0 aromatic carbocycles. The molecule has 6 nitrogen and oxygen atoms in total. The Morgan fingerprint density at radius 1 is 1.52 bits per heavy atom. The summed E-state index contributed by atoms with van der Waals surface area (Å²) in [5.41, 5.74) is 0.984. The average Bonchev–Trinajstić information content (AvgIpc) is 2.51. The van der Waals surface area contributed by atoms with Gasteiger partial charge in [-0.1, -0.05) is 6.92 Å². The van der Waals surface area contributed by atoms with Crippen molar-refractivity contribution in [2.45, 2.75) is 26.3 Å². The maximum Gasteiger partial charge on any atom is 0.255 e. The maximum absolute atomic E-state index is 12.2. The van der Waals surface area contributed by atoms with Crippen LogP contribution in [0.4, 0.5) is 0 Å². The van der Waals surface area contributed by atoms with Crippen LogP contribution in [-0.2, 0) is 4.74 Å². The first-order valence-electron chi connectivity index (χ1n) is 7.37. The summed E-state index contributed by atoms with van der Waals surface area (Å²) in [6, 6.07) is 1.89. The molecule has 0 aliphatic carbocycles. The van der Waals surface area contributed by atoms with Gasteiger partial charge in [-0.2, -0.15) is 0 Å². The Labute approximate surface area is 125 Å². The van der Waals surface area contributed by atoms with E-state index in [2.05, 4.69) is 22.1 Å². The van der Waals surface area contributed by atoms with Gasteiger partial charge in [0.05, 0.1) is 25.0 Å². The van der Waals surface area contributed by atoms with Gasteiger partial charge in [0.15, 0.2) is 0 Å². The number of hydrogen-bond donors (Lipinski definition) is 2. The summed E-state index contributed by atoms with van der Waals surface area (Å²) in [5, 5.41) is 12.6. The van der Waals surface area contributed by atoms with Gasteiger partial charge >= 0.3 is 0 Å². The second-order valence-electron chi connectivity index (χ2n) is 5.26. The number of aromatic nitrogens is 1. The van der Waals surface area contributed by atoms with Crippen LogP contribution in [0.2, 0.25) is 0 Å². The zero-order valence-electron chi connectivity index (χ0n) is 12.6. The molecule has 116 valence electrons. The van der Waals surface area contributed by atoms with Gasteiger partial charge < -0.3 is 15.2 Å². The standard InChI is InChI=1S/C15H23N3O3/c1-3-12(18-4-6-21-7-5-18)9-17-15(20)13-8-11(2)16-10-14(13)19/h8,10,12,19H,3-7,9H2,1-2H3,(H,17,20)/t12-/m1/s1. The number of rotatable bonds is 5. The summed E-state index contributed by atoms with van der Waals surface area (Å²) in [4.78, 5) is 18.5. The number of morpholine rings is 1. The van der Waals surface area contributed by atoms with Gasteiger partial charge in [-0.25, -0.2) is 0 Å². The molecule has 0 unspecified atom stereocenters. The number of hydrogen-bond acceptors (Lipinski definition) is 5. The van der Waals surface area contributed by atoms with Gasteiger partial charge in [0.1, 0.15) is 5.75 Å². The molecule has 6 heteroatoms. The number of carbonyl (C=O) groups excluding carboxylic acids is 1. The van der Waals surface area contributed by atoms with Crippen LogP contribution >= 0.6 is 0 Å². The molecular weight excluding hydrogens is 270 g/mol. The number of carbonyl (C=O) groups is 1. The third-order valence-corrected chi connectivity index (χ3v) is 3.80. The largest absolute Gasteiger partial charge is 0.505 e. The van der Waals surface area contributed by atoms with Gasteiger partial charge in [-0.3, -0.25) is 14.7 Å². The van der Waals surface area contributed by atoms with Crippen molar-refractivity contribution < 1.29 is 14.6 Å². The second kappa shape index (κ2) is 7.38. The summed E-state index contributed by atoms with van der Waals surface area (Å²) < 4.78 is 5.35. The van der Waals surface area contributed by atoms with E-state index < -0.39 is 0 Å². The summed E-state index contributed by atoms with van der Waals surface area (Å²) in [6.45, 7) is 7.75. The van der Waals surface area contributed by atoms with Crippen molar-refractivity contribution in [2.75, 3.05) is 32.8 Å². The first kappa shape index (κ1) is 15.7. The number of amides is 1. The van der Waals surface area contributed by atoms with Crippen molar-refractivity contribution in [1.29, 1.82) is 0 Å². The predicted molar refractivity (Wildman–Crippen MR) is 79.4 cm³/mol. The fourth-order valence-electron chi connectivity index (χ4n) is 2.51. The van der Waals surface area contributed by atoms with Crippen LogP contribution in [0.1, 0.15) is 29.4 Å². The molecule has 21 heavy (non-hydrogen) atoms. The van der Waals surface area contributed by atoms with E-state index in [9.17, 15) is 9.90 Å². The lowest BCUT2D eigenvalue weighted by atomic mass is 10.1. The number of nitrogens with zero attached hydrogens (tertiary/aromatic N) is 2. The second-order valence-corrected chi connectivity index (χ2v) is 5.26. The van der Waals surface area contributed by atoms with E-state index in [0.717, 1.165) is 32.7 Å². The lowest BCUT2D eigenvalue weighted by molar-refractivity contribution is 0.0159. The number of aromatic hydroxyl groups is 1. The van der Waals surface area contributed by atoms with Crippen LogP contribution in [0.5, 0.6) is 5.75 Å². The number of nitrogens with one attached hydrogen (secondary N) is 1. The van der Waals surface area contributed by atoms with Crippen LogP contribution in [0.25, 0.3) is 0 Å². The van der Waals surface area contributed by atoms with Crippen molar-refractivity contribution in [3.8, 4) is 5.75 Å². The average molecular weight is 293 g/mol. The third kappa shape index (κ3) is 4.15. The first-order valence-corrected chi connectivity index (χ1v) is 7.37. The van der Waals surface area contributed by atoms with Gasteiger partial charge in [-0.05, 0) is 19.4 Å². The Hall–Kier alpha value is -1.66. The summed E-state index contributed by atoms with van der Waals surface area (Å²) in [6.07, 6.45) is 2.27. The molecule has 1 fully saturated rings. The highest BCUT2D eigenvalue weighted by Crippen LogP contribution is 2.16.